The second-order valence-corrected chi connectivity index (χ2v) is 8.57. The third-order valence-corrected chi connectivity index (χ3v) is 6.02. The molecule has 5 rings (SSSR count). The Morgan fingerprint density at radius 2 is 1.69 bits per heavy atom. The first-order valence-electron chi connectivity index (χ1n) is 10.8. The van der Waals surface area contributed by atoms with Crippen molar-refractivity contribution in [2.24, 2.45) is 11.7 Å². The first kappa shape index (κ1) is 20.5. The highest BCUT2D eigenvalue weighted by Crippen LogP contribution is 2.33. The van der Waals surface area contributed by atoms with Gasteiger partial charge in [-0.15, -0.1) is 0 Å². The standard InChI is InChI=1S/C26H24F2N4/c1-16-12-18(29)15-32(14-16)25-10-11-30-23-9-8-17(13-19(23)25)22-6-3-7-24(31-22)26-20(27)4-2-5-21(26)28/h2-11,13,16,18H,12,14-15,29H2,1H3. The van der Waals surface area contributed by atoms with Crippen molar-refractivity contribution in [1.82, 2.24) is 9.97 Å². The van der Waals surface area contributed by atoms with Crippen LogP contribution in [0.1, 0.15) is 13.3 Å². The van der Waals surface area contributed by atoms with Gasteiger partial charge in [-0.05, 0) is 54.8 Å². The van der Waals surface area contributed by atoms with Crippen molar-refractivity contribution in [3.8, 4) is 22.5 Å². The molecule has 0 radical (unpaired) electrons. The molecule has 1 aliphatic rings. The number of halogens is 2. The lowest BCUT2D eigenvalue weighted by atomic mass is 9.95. The van der Waals surface area contributed by atoms with Crippen LogP contribution in [-0.4, -0.2) is 29.1 Å². The van der Waals surface area contributed by atoms with Gasteiger partial charge in [0.25, 0.3) is 0 Å². The van der Waals surface area contributed by atoms with E-state index in [0.717, 1.165) is 41.7 Å². The predicted molar refractivity (Wildman–Crippen MR) is 124 cm³/mol. The molecule has 0 spiro atoms. The van der Waals surface area contributed by atoms with Gasteiger partial charge in [-0.2, -0.15) is 0 Å². The third-order valence-electron chi connectivity index (χ3n) is 6.02. The van der Waals surface area contributed by atoms with Crippen molar-refractivity contribution < 1.29 is 8.78 Å². The lowest BCUT2D eigenvalue weighted by Gasteiger charge is -2.37. The molecule has 6 heteroatoms. The molecule has 0 aliphatic carbocycles. The quantitative estimate of drug-likeness (QED) is 0.472. The fourth-order valence-corrected chi connectivity index (χ4v) is 4.64. The first-order valence-corrected chi connectivity index (χ1v) is 10.8. The first-order chi connectivity index (χ1) is 15.5. The molecule has 1 saturated heterocycles. The van der Waals surface area contributed by atoms with Crippen molar-refractivity contribution in [3.05, 3.63) is 78.5 Å². The molecule has 32 heavy (non-hydrogen) atoms. The molecule has 4 nitrogen and oxygen atoms in total. The van der Waals surface area contributed by atoms with Crippen LogP contribution in [0.3, 0.4) is 0 Å². The Bertz CT molecular complexity index is 1260. The number of hydrogen-bond donors (Lipinski definition) is 1. The summed E-state index contributed by atoms with van der Waals surface area (Å²) < 4.78 is 28.6. The van der Waals surface area contributed by atoms with Gasteiger partial charge in [-0.1, -0.05) is 25.1 Å². The molecule has 0 bridgehead atoms. The van der Waals surface area contributed by atoms with E-state index in [1.54, 1.807) is 12.1 Å². The van der Waals surface area contributed by atoms with Crippen LogP contribution in [0.2, 0.25) is 0 Å². The highest BCUT2D eigenvalue weighted by Gasteiger charge is 2.24. The Balaban J connectivity index is 1.59. The number of aromatic nitrogens is 2. The number of piperidine rings is 1. The van der Waals surface area contributed by atoms with E-state index in [9.17, 15) is 8.78 Å². The lowest BCUT2D eigenvalue weighted by molar-refractivity contribution is 0.402. The minimum absolute atomic E-state index is 0.117. The number of fused-ring (bicyclic) bond motifs is 1. The summed E-state index contributed by atoms with van der Waals surface area (Å²) in [6.07, 6.45) is 2.84. The summed E-state index contributed by atoms with van der Waals surface area (Å²) in [7, 11) is 0. The molecular formula is C26H24F2N4. The highest BCUT2D eigenvalue weighted by molar-refractivity contribution is 5.94. The Morgan fingerprint density at radius 3 is 2.47 bits per heavy atom. The van der Waals surface area contributed by atoms with Gasteiger partial charge in [0, 0.05) is 42.0 Å². The molecule has 2 aromatic heterocycles. The van der Waals surface area contributed by atoms with Crippen LogP contribution in [0.25, 0.3) is 33.4 Å². The summed E-state index contributed by atoms with van der Waals surface area (Å²) in [5, 5.41) is 1.01. The van der Waals surface area contributed by atoms with Crippen LogP contribution in [0.4, 0.5) is 14.5 Å². The van der Waals surface area contributed by atoms with E-state index in [1.807, 2.05) is 36.5 Å². The summed E-state index contributed by atoms with van der Waals surface area (Å²) in [6.45, 7) is 3.96. The molecule has 2 atom stereocenters. The van der Waals surface area contributed by atoms with E-state index in [-0.39, 0.29) is 17.3 Å². The Labute approximate surface area is 185 Å². The molecule has 2 unspecified atom stereocenters. The van der Waals surface area contributed by atoms with Gasteiger partial charge < -0.3 is 10.6 Å². The smallest absolute Gasteiger partial charge is 0.135 e. The maximum Gasteiger partial charge on any atom is 0.135 e. The average molecular weight is 431 g/mol. The molecule has 2 aromatic carbocycles. The summed E-state index contributed by atoms with van der Waals surface area (Å²) in [6, 6.07) is 17.2. The molecule has 4 aromatic rings. The number of nitrogens with two attached hydrogens (primary N) is 1. The molecule has 2 N–H and O–H groups in total. The van der Waals surface area contributed by atoms with E-state index < -0.39 is 11.6 Å². The van der Waals surface area contributed by atoms with Gasteiger partial charge in [0.1, 0.15) is 11.6 Å². The fourth-order valence-electron chi connectivity index (χ4n) is 4.64. The molecule has 1 aliphatic heterocycles. The second kappa shape index (κ2) is 8.28. The van der Waals surface area contributed by atoms with E-state index in [2.05, 4.69) is 21.8 Å². The second-order valence-electron chi connectivity index (χ2n) is 8.57. The van der Waals surface area contributed by atoms with E-state index >= 15 is 0 Å². The van der Waals surface area contributed by atoms with E-state index in [1.165, 1.54) is 18.2 Å². The fraction of sp³-hybridized carbons (Fsp3) is 0.231. The summed E-state index contributed by atoms with van der Waals surface area (Å²) >= 11 is 0. The topological polar surface area (TPSA) is 55.0 Å². The minimum Gasteiger partial charge on any atom is -0.369 e. The van der Waals surface area contributed by atoms with E-state index in [0.29, 0.717) is 11.6 Å². The SMILES string of the molecule is CC1CC(N)CN(c2ccnc3ccc(-c4cccc(-c5c(F)cccc5F)n4)cc23)C1. The highest BCUT2D eigenvalue weighted by atomic mass is 19.1. The lowest BCUT2D eigenvalue weighted by Crippen LogP contribution is -2.46. The van der Waals surface area contributed by atoms with Crippen LogP contribution in [-0.2, 0) is 0 Å². The monoisotopic (exact) mass is 430 g/mol. The zero-order valence-corrected chi connectivity index (χ0v) is 17.8. The van der Waals surface area contributed by atoms with Crippen molar-refractivity contribution in [2.75, 3.05) is 18.0 Å². The van der Waals surface area contributed by atoms with Crippen LogP contribution in [0.15, 0.2) is 66.9 Å². The number of rotatable bonds is 3. The molecule has 0 saturated carbocycles. The third kappa shape index (κ3) is 3.82. The number of anilines is 1. The molecule has 1 fully saturated rings. The number of nitrogens with zero attached hydrogens (tertiary/aromatic N) is 3. The van der Waals surface area contributed by atoms with Crippen molar-refractivity contribution in [1.29, 1.82) is 0 Å². The van der Waals surface area contributed by atoms with Gasteiger partial charge in [-0.25, -0.2) is 13.8 Å². The van der Waals surface area contributed by atoms with Gasteiger partial charge in [0.05, 0.1) is 22.5 Å². The van der Waals surface area contributed by atoms with Gasteiger partial charge in [0.15, 0.2) is 0 Å². The molecule has 3 heterocycles. The van der Waals surface area contributed by atoms with Crippen LogP contribution in [0.5, 0.6) is 0 Å². The number of benzene rings is 2. The summed E-state index contributed by atoms with van der Waals surface area (Å²) in [4.78, 5) is 11.4. The normalized spacial score (nSPS) is 18.8. The maximum absolute atomic E-state index is 14.3. The Hall–Kier alpha value is -3.38. The van der Waals surface area contributed by atoms with E-state index in [4.69, 9.17) is 5.73 Å². The largest absolute Gasteiger partial charge is 0.369 e. The van der Waals surface area contributed by atoms with Crippen molar-refractivity contribution in [2.45, 2.75) is 19.4 Å². The van der Waals surface area contributed by atoms with Crippen LogP contribution >= 0.6 is 0 Å². The minimum atomic E-state index is -0.629. The number of hydrogen-bond acceptors (Lipinski definition) is 4. The van der Waals surface area contributed by atoms with Crippen molar-refractivity contribution >= 4 is 16.6 Å². The number of pyridine rings is 2. The maximum atomic E-state index is 14.3. The van der Waals surface area contributed by atoms with Gasteiger partial charge >= 0.3 is 0 Å². The van der Waals surface area contributed by atoms with Crippen molar-refractivity contribution in [3.63, 3.8) is 0 Å². The Morgan fingerprint density at radius 1 is 0.938 bits per heavy atom. The predicted octanol–water partition coefficient (Wildman–Crippen LogP) is 5.42. The van der Waals surface area contributed by atoms with Crippen LogP contribution < -0.4 is 10.6 Å². The molecule has 0 amide bonds. The zero-order chi connectivity index (χ0) is 22.2. The van der Waals surface area contributed by atoms with Gasteiger partial charge in [0.2, 0.25) is 0 Å². The molecule has 162 valence electrons. The van der Waals surface area contributed by atoms with Gasteiger partial charge in [-0.3, -0.25) is 4.98 Å². The summed E-state index contributed by atoms with van der Waals surface area (Å²) in [5.74, 6) is -0.746. The Kier molecular flexibility index (Phi) is 5.31. The zero-order valence-electron chi connectivity index (χ0n) is 17.8. The molecular weight excluding hydrogens is 406 g/mol. The van der Waals surface area contributed by atoms with Crippen LogP contribution in [0, 0.1) is 17.6 Å². The summed E-state index contributed by atoms with van der Waals surface area (Å²) in [5.41, 5.74) is 9.91. The average Bonchev–Trinajstić information content (AvgIpc) is 2.78.